The average molecular weight is 261 g/mol. The van der Waals surface area contributed by atoms with E-state index in [-0.39, 0.29) is 5.88 Å². The molecule has 4 nitrogen and oxygen atoms in total. The summed E-state index contributed by atoms with van der Waals surface area (Å²) in [6.07, 6.45) is 2.66. The lowest BCUT2D eigenvalue weighted by molar-refractivity contribution is 0.439. The Balaban J connectivity index is 2.20. The van der Waals surface area contributed by atoms with Crippen LogP contribution in [0.1, 0.15) is 0 Å². The quantitative estimate of drug-likeness (QED) is 0.769. The zero-order valence-corrected chi connectivity index (χ0v) is 9.95. The molecule has 0 aliphatic carbocycles. The Kier molecular flexibility index (Phi) is 2.56. The smallest absolute Gasteiger partial charge is 0.231 e. The van der Waals surface area contributed by atoms with E-state index < -0.39 is 5.82 Å². The summed E-state index contributed by atoms with van der Waals surface area (Å²) < 4.78 is 18.2. The molecule has 0 saturated carbocycles. The van der Waals surface area contributed by atoms with Crippen molar-refractivity contribution < 1.29 is 8.91 Å². The van der Waals surface area contributed by atoms with E-state index in [0.717, 1.165) is 11.1 Å². The second kappa shape index (κ2) is 4.23. The van der Waals surface area contributed by atoms with Gasteiger partial charge in [-0.3, -0.25) is 4.98 Å². The number of rotatable bonds is 2. The summed E-state index contributed by atoms with van der Waals surface area (Å²) in [6, 6.07) is 5.16. The van der Waals surface area contributed by atoms with Gasteiger partial charge in [0.25, 0.3) is 0 Å². The van der Waals surface area contributed by atoms with Crippen LogP contribution in [0.2, 0.25) is 0 Å². The van der Waals surface area contributed by atoms with E-state index in [1.54, 1.807) is 0 Å². The number of nitrogen functional groups attached to an aromatic ring is 1. The van der Waals surface area contributed by atoms with Gasteiger partial charge in [-0.05, 0) is 17.5 Å². The summed E-state index contributed by atoms with van der Waals surface area (Å²) in [6.45, 7) is 0. The van der Waals surface area contributed by atoms with Gasteiger partial charge < -0.3 is 10.3 Å². The molecule has 0 fully saturated rings. The maximum absolute atomic E-state index is 13.2. The van der Waals surface area contributed by atoms with Crippen LogP contribution in [-0.2, 0) is 0 Å². The van der Waals surface area contributed by atoms with E-state index in [2.05, 4.69) is 10.1 Å². The number of anilines is 1. The van der Waals surface area contributed by atoms with Gasteiger partial charge in [0.15, 0.2) is 0 Å². The highest BCUT2D eigenvalue weighted by molar-refractivity contribution is 7.13. The fraction of sp³-hybridized carbons (Fsp3) is 0. The molecule has 0 radical (unpaired) electrons. The van der Waals surface area contributed by atoms with Crippen molar-refractivity contribution in [1.82, 2.24) is 10.1 Å². The largest absolute Gasteiger partial charge is 0.367 e. The SMILES string of the molecule is Nc1onc(-c2cncc(F)c2)c1-c1cccs1. The Bertz CT molecular complexity index is 678. The van der Waals surface area contributed by atoms with Crippen LogP contribution in [0.4, 0.5) is 10.3 Å². The highest BCUT2D eigenvalue weighted by atomic mass is 32.1. The monoisotopic (exact) mass is 261 g/mol. The standard InChI is InChI=1S/C12H8FN3OS/c13-8-4-7(5-15-6-8)11-10(12(14)17-16-11)9-2-1-3-18-9/h1-6H,14H2. The van der Waals surface area contributed by atoms with Crippen molar-refractivity contribution in [3.05, 3.63) is 41.8 Å². The van der Waals surface area contributed by atoms with Gasteiger partial charge in [0.05, 0.1) is 11.8 Å². The fourth-order valence-corrected chi connectivity index (χ4v) is 2.48. The van der Waals surface area contributed by atoms with Gasteiger partial charge in [-0.25, -0.2) is 4.39 Å². The van der Waals surface area contributed by atoms with Gasteiger partial charge in [0, 0.05) is 16.6 Å². The predicted octanol–water partition coefficient (Wildman–Crippen LogP) is 3.19. The zero-order chi connectivity index (χ0) is 12.5. The molecule has 90 valence electrons. The third-order valence-corrected chi connectivity index (χ3v) is 3.35. The molecule has 0 unspecified atom stereocenters. The van der Waals surface area contributed by atoms with Crippen molar-refractivity contribution >= 4 is 17.2 Å². The van der Waals surface area contributed by atoms with Gasteiger partial charge >= 0.3 is 0 Å². The van der Waals surface area contributed by atoms with E-state index >= 15 is 0 Å². The first kappa shape index (κ1) is 10.9. The summed E-state index contributed by atoms with van der Waals surface area (Å²) in [5.74, 6) is -0.206. The maximum atomic E-state index is 13.2. The van der Waals surface area contributed by atoms with E-state index in [4.69, 9.17) is 10.3 Å². The number of nitrogens with zero attached hydrogens (tertiary/aromatic N) is 2. The lowest BCUT2D eigenvalue weighted by Gasteiger charge is -1.99. The third-order valence-electron chi connectivity index (χ3n) is 2.46. The Morgan fingerprint density at radius 2 is 2.22 bits per heavy atom. The maximum Gasteiger partial charge on any atom is 0.231 e. The summed E-state index contributed by atoms with van der Waals surface area (Å²) in [4.78, 5) is 4.72. The van der Waals surface area contributed by atoms with Crippen molar-refractivity contribution in [2.45, 2.75) is 0 Å². The number of thiophene rings is 1. The number of halogens is 1. The molecule has 0 aliphatic rings. The molecule has 6 heteroatoms. The Morgan fingerprint density at radius 3 is 2.94 bits per heavy atom. The average Bonchev–Trinajstić information content (AvgIpc) is 2.97. The third kappa shape index (κ3) is 1.76. The highest BCUT2D eigenvalue weighted by Crippen LogP contribution is 2.38. The Morgan fingerprint density at radius 1 is 1.33 bits per heavy atom. The summed E-state index contributed by atoms with van der Waals surface area (Å²) in [7, 11) is 0. The zero-order valence-electron chi connectivity index (χ0n) is 9.13. The van der Waals surface area contributed by atoms with Gasteiger partial charge in [-0.1, -0.05) is 11.2 Å². The molecule has 3 heterocycles. The van der Waals surface area contributed by atoms with Crippen molar-refractivity contribution in [3.63, 3.8) is 0 Å². The number of aromatic nitrogens is 2. The number of nitrogens with two attached hydrogens (primary N) is 1. The van der Waals surface area contributed by atoms with Crippen molar-refractivity contribution in [3.8, 4) is 21.7 Å². The minimum Gasteiger partial charge on any atom is -0.367 e. The van der Waals surface area contributed by atoms with Crippen LogP contribution in [0.3, 0.4) is 0 Å². The van der Waals surface area contributed by atoms with E-state index in [9.17, 15) is 4.39 Å². The van der Waals surface area contributed by atoms with Crippen LogP contribution in [0.15, 0.2) is 40.5 Å². The van der Waals surface area contributed by atoms with Crippen molar-refractivity contribution in [2.24, 2.45) is 0 Å². The molecule has 0 atom stereocenters. The minimum atomic E-state index is -0.425. The molecule has 2 N–H and O–H groups in total. The number of hydrogen-bond donors (Lipinski definition) is 1. The van der Waals surface area contributed by atoms with Gasteiger partial charge in [-0.15, -0.1) is 11.3 Å². The molecule has 3 rings (SSSR count). The van der Waals surface area contributed by atoms with Gasteiger partial charge in [0.2, 0.25) is 5.88 Å². The summed E-state index contributed by atoms with van der Waals surface area (Å²) in [5, 5.41) is 5.81. The van der Waals surface area contributed by atoms with Crippen LogP contribution < -0.4 is 5.73 Å². The number of hydrogen-bond acceptors (Lipinski definition) is 5. The molecule has 3 aromatic heterocycles. The molecule has 0 saturated heterocycles. The molecule has 0 amide bonds. The van der Waals surface area contributed by atoms with E-state index in [1.807, 2.05) is 17.5 Å². The lowest BCUT2D eigenvalue weighted by Crippen LogP contribution is -1.87. The molecule has 3 aromatic rings. The second-order valence-electron chi connectivity index (χ2n) is 3.64. The highest BCUT2D eigenvalue weighted by Gasteiger charge is 2.18. The van der Waals surface area contributed by atoms with Crippen LogP contribution in [-0.4, -0.2) is 10.1 Å². The van der Waals surface area contributed by atoms with E-state index in [0.29, 0.717) is 16.8 Å². The topological polar surface area (TPSA) is 64.9 Å². The van der Waals surface area contributed by atoms with Crippen LogP contribution in [0, 0.1) is 5.82 Å². The molecular weight excluding hydrogens is 253 g/mol. The second-order valence-corrected chi connectivity index (χ2v) is 4.59. The molecular formula is C12H8FN3OS. The van der Waals surface area contributed by atoms with E-state index in [1.165, 1.54) is 23.6 Å². The molecule has 0 aliphatic heterocycles. The molecule has 0 aromatic carbocycles. The van der Waals surface area contributed by atoms with Crippen LogP contribution in [0.5, 0.6) is 0 Å². The summed E-state index contributed by atoms with van der Waals surface area (Å²) in [5.41, 5.74) is 7.49. The first-order valence-corrected chi connectivity index (χ1v) is 6.03. The predicted molar refractivity (Wildman–Crippen MR) is 67.4 cm³/mol. The number of pyridine rings is 1. The van der Waals surface area contributed by atoms with Gasteiger partial charge in [-0.2, -0.15) is 0 Å². The lowest BCUT2D eigenvalue weighted by atomic mass is 10.1. The summed E-state index contributed by atoms with van der Waals surface area (Å²) >= 11 is 1.51. The van der Waals surface area contributed by atoms with Crippen LogP contribution in [0.25, 0.3) is 21.7 Å². The first-order chi connectivity index (χ1) is 8.75. The normalized spacial score (nSPS) is 10.7. The van der Waals surface area contributed by atoms with Crippen molar-refractivity contribution in [1.29, 1.82) is 0 Å². The van der Waals surface area contributed by atoms with Gasteiger partial charge in [0.1, 0.15) is 11.5 Å². The Labute approximate surface area is 106 Å². The molecule has 0 bridgehead atoms. The molecule has 0 spiro atoms. The minimum absolute atomic E-state index is 0.219. The fourth-order valence-electron chi connectivity index (χ4n) is 1.70. The molecule has 18 heavy (non-hydrogen) atoms. The first-order valence-electron chi connectivity index (χ1n) is 5.15. The van der Waals surface area contributed by atoms with Crippen molar-refractivity contribution in [2.75, 3.05) is 5.73 Å². The Hall–Kier alpha value is -2.21. The van der Waals surface area contributed by atoms with Crippen LogP contribution >= 0.6 is 11.3 Å².